The predicted octanol–water partition coefficient (Wildman–Crippen LogP) is 6.20. The fourth-order valence-electron chi connectivity index (χ4n) is 5.14. The molecule has 0 bridgehead atoms. The first-order valence-electron chi connectivity index (χ1n) is 13.2. The summed E-state index contributed by atoms with van der Waals surface area (Å²) in [6.07, 6.45) is 9.89. The molecule has 0 amide bonds. The standard InChI is InChI=1S/C32H38N2O5/c1-5-15-33(16-6-2)19-9-11-23-22-28-30(26-21-24(31(35)36)13-14-27(26)39-28)25(29(23)32(37)38)12-10-20-34(17-7-3)18-8-4/h5-8,13-14,21-22H,1-4,9-12,15-20H2,(H,35,36)(H,37,38). The number of carboxylic acid groups (broad SMARTS) is 2. The molecule has 3 rings (SSSR count). The van der Waals surface area contributed by atoms with Crippen LogP contribution in [0.2, 0.25) is 0 Å². The van der Waals surface area contributed by atoms with Crippen molar-refractivity contribution in [2.75, 3.05) is 39.3 Å². The maximum atomic E-state index is 12.7. The molecule has 0 radical (unpaired) electrons. The van der Waals surface area contributed by atoms with E-state index in [0.29, 0.717) is 65.4 Å². The van der Waals surface area contributed by atoms with Crippen molar-refractivity contribution >= 4 is 33.9 Å². The summed E-state index contributed by atoms with van der Waals surface area (Å²) in [4.78, 5) is 28.8. The Bertz CT molecular complexity index is 1350. The van der Waals surface area contributed by atoms with Gasteiger partial charge in [0, 0.05) is 37.0 Å². The molecule has 2 aromatic carbocycles. The van der Waals surface area contributed by atoms with Crippen molar-refractivity contribution in [3.05, 3.63) is 97.1 Å². The van der Waals surface area contributed by atoms with Gasteiger partial charge in [-0.1, -0.05) is 24.3 Å². The van der Waals surface area contributed by atoms with Gasteiger partial charge in [0.2, 0.25) is 0 Å². The number of aromatic carboxylic acids is 2. The molecule has 206 valence electrons. The fraction of sp³-hybridized carbons (Fsp3) is 0.312. The molecule has 0 aliphatic rings. The monoisotopic (exact) mass is 530 g/mol. The largest absolute Gasteiger partial charge is 0.478 e. The lowest BCUT2D eigenvalue weighted by Gasteiger charge is -2.20. The number of fused-ring (bicyclic) bond motifs is 3. The fourth-order valence-corrected chi connectivity index (χ4v) is 5.14. The lowest BCUT2D eigenvalue weighted by Crippen LogP contribution is -2.26. The number of rotatable bonds is 18. The Morgan fingerprint density at radius 2 is 1.33 bits per heavy atom. The number of nitrogens with zero attached hydrogens (tertiary/aromatic N) is 2. The van der Waals surface area contributed by atoms with E-state index in [1.165, 1.54) is 6.07 Å². The third kappa shape index (κ3) is 7.34. The van der Waals surface area contributed by atoms with Crippen LogP contribution in [0, 0.1) is 0 Å². The molecule has 0 unspecified atom stereocenters. The van der Waals surface area contributed by atoms with Crippen LogP contribution in [-0.4, -0.2) is 71.2 Å². The van der Waals surface area contributed by atoms with Crippen molar-refractivity contribution in [2.45, 2.75) is 25.7 Å². The summed E-state index contributed by atoms with van der Waals surface area (Å²) in [5.41, 5.74) is 2.92. The minimum absolute atomic E-state index is 0.129. The molecule has 1 aromatic heterocycles. The highest BCUT2D eigenvalue weighted by Gasteiger charge is 2.23. The van der Waals surface area contributed by atoms with E-state index in [1.54, 1.807) is 12.1 Å². The van der Waals surface area contributed by atoms with Crippen LogP contribution in [0.25, 0.3) is 21.9 Å². The third-order valence-corrected chi connectivity index (χ3v) is 6.78. The summed E-state index contributed by atoms with van der Waals surface area (Å²) < 4.78 is 6.15. The van der Waals surface area contributed by atoms with Crippen molar-refractivity contribution in [1.82, 2.24) is 9.80 Å². The summed E-state index contributed by atoms with van der Waals surface area (Å²) in [5.74, 6) is -2.04. The molecule has 0 fully saturated rings. The molecule has 3 aromatic rings. The van der Waals surface area contributed by atoms with E-state index in [1.807, 2.05) is 30.4 Å². The van der Waals surface area contributed by atoms with Gasteiger partial charge >= 0.3 is 11.9 Å². The van der Waals surface area contributed by atoms with Gasteiger partial charge in [0.25, 0.3) is 0 Å². The third-order valence-electron chi connectivity index (χ3n) is 6.78. The Balaban J connectivity index is 2.08. The summed E-state index contributed by atoms with van der Waals surface area (Å²) in [6, 6.07) is 6.53. The minimum Gasteiger partial charge on any atom is -0.478 e. The summed E-state index contributed by atoms with van der Waals surface area (Å²) >= 11 is 0. The topological polar surface area (TPSA) is 94.2 Å². The molecule has 7 heteroatoms. The van der Waals surface area contributed by atoms with Crippen LogP contribution >= 0.6 is 0 Å². The summed E-state index contributed by atoms with van der Waals surface area (Å²) in [6.45, 7) is 19.6. The maximum Gasteiger partial charge on any atom is 0.336 e. The number of carbonyl (C=O) groups is 2. The summed E-state index contributed by atoms with van der Waals surface area (Å²) in [5, 5.41) is 21.3. The van der Waals surface area contributed by atoms with E-state index in [9.17, 15) is 19.8 Å². The highest BCUT2D eigenvalue weighted by molar-refractivity contribution is 6.12. The lowest BCUT2D eigenvalue weighted by atomic mass is 9.90. The second kappa shape index (κ2) is 14.3. The van der Waals surface area contributed by atoms with E-state index < -0.39 is 11.9 Å². The Labute approximate surface area is 230 Å². The highest BCUT2D eigenvalue weighted by atomic mass is 16.4. The Hall–Kier alpha value is -3.94. The van der Waals surface area contributed by atoms with Crippen LogP contribution in [-0.2, 0) is 12.8 Å². The predicted molar refractivity (Wildman–Crippen MR) is 158 cm³/mol. The SMILES string of the molecule is C=CCN(CC=C)CCCc1cc2oc3ccc(C(=O)O)cc3c2c(CCCN(CC=C)CC=C)c1C(=O)O. The second-order valence-electron chi connectivity index (χ2n) is 9.57. The molecule has 0 spiro atoms. The number of hydrogen-bond donors (Lipinski definition) is 2. The molecule has 0 aliphatic carbocycles. The molecule has 1 heterocycles. The zero-order valence-corrected chi connectivity index (χ0v) is 22.5. The van der Waals surface area contributed by atoms with E-state index >= 15 is 0 Å². The number of benzene rings is 2. The molecular weight excluding hydrogens is 492 g/mol. The van der Waals surface area contributed by atoms with Gasteiger partial charge in [0.15, 0.2) is 0 Å². The molecule has 2 N–H and O–H groups in total. The van der Waals surface area contributed by atoms with Crippen LogP contribution in [0.15, 0.2) is 79.3 Å². The highest BCUT2D eigenvalue weighted by Crippen LogP contribution is 2.37. The van der Waals surface area contributed by atoms with Crippen LogP contribution < -0.4 is 0 Å². The first-order valence-corrected chi connectivity index (χ1v) is 13.2. The van der Waals surface area contributed by atoms with E-state index in [0.717, 1.165) is 32.6 Å². The molecule has 0 saturated carbocycles. The molecule has 0 saturated heterocycles. The Morgan fingerprint density at radius 1 is 0.769 bits per heavy atom. The average molecular weight is 531 g/mol. The van der Waals surface area contributed by atoms with E-state index in [2.05, 4.69) is 36.1 Å². The maximum absolute atomic E-state index is 12.7. The number of furan rings is 1. The molecule has 39 heavy (non-hydrogen) atoms. The van der Waals surface area contributed by atoms with Gasteiger partial charge in [-0.25, -0.2) is 9.59 Å². The van der Waals surface area contributed by atoms with E-state index in [-0.39, 0.29) is 11.1 Å². The van der Waals surface area contributed by atoms with Crippen molar-refractivity contribution in [2.24, 2.45) is 0 Å². The zero-order chi connectivity index (χ0) is 28.4. The second-order valence-corrected chi connectivity index (χ2v) is 9.57. The van der Waals surface area contributed by atoms with Gasteiger partial charge in [0.05, 0.1) is 11.1 Å². The Morgan fingerprint density at radius 3 is 1.85 bits per heavy atom. The Kier molecular flexibility index (Phi) is 10.8. The van der Waals surface area contributed by atoms with Crippen LogP contribution in [0.3, 0.4) is 0 Å². The quantitative estimate of drug-likeness (QED) is 0.189. The van der Waals surface area contributed by atoms with Crippen molar-refractivity contribution in [3.63, 3.8) is 0 Å². The number of aryl methyl sites for hydroxylation is 2. The smallest absolute Gasteiger partial charge is 0.336 e. The molecular formula is C32H38N2O5. The van der Waals surface area contributed by atoms with Crippen molar-refractivity contribution in [1.29, 1.82) is 0 Å². The van der Waals surface area contributed by atoms with Crippen LogP contribution in [0.1, 0.15) is 44.7 Å². The summed E-state index contributed by atoms with van der Waals surface area (Å²) in [7, 11) is 0. The number of hydrogen-bond acceptors (Lipinski definition) is 5. The number of carboxylic acids is 2. The van der Waals surface area contributed by atoms with Crippen molar-refractivity contribution in [3.8, 4) is 0 Å². The van der Waals surface area contributed by atoms with Gasteiger partial charge < -0.3 is 14.6 Å². The first kappa shape index (κ1) is 29.6. The van der Waals surface area contributed by atoms with E-state index in [4.69, 9.17) is 4.42 Å². The molecule has 7 nitrogen and oxygen atoms in total. The zero-order valence-electron chi connectivity index (χ0n) is 22.5. The van der Waals surface area contributed by atoms with Gasteiger partial charge in [0.1, 0.15) is 11.2 Å². The molecule has 0 atom stereocenters. The van der Waals surface area contributed by atoms with Gasteiger partial charge in [-0.3, -0.25) is 9.80 Å². The first-order chi connectivity index (χ1) is 18.8. The van der Waals surface area contributed by atoms with Crippen molar-refractivity contribution < 1.29 is 24.2 Å². The minimum atomic E-state index is -1.05. The average Bonchev–Trinajstić information content (AvgIpc) is 3.26. The van der Waals surface area contributed by atoms with Gasteiger partial charge in [-0.05, 0) is 74.2 Å². The van der Waals surface area contributed by atoms with Crippen LogP contribution in [0.5, 0.6) is 0 Å². The van der Waals surface area contributed by atoms with Gasteiger partial charge in [-0.2, -0.15) is 0 Å². The lowest BCUT2D eigenvalue weighted by molar-refractivity contribution is 0.0684. The normalized spacial score (nSPS) is 11.3. The molecule has 0 aliphatic heterocycles. The van der Waals surface area contributed by atoms with Gasteiger partial charge in [-0.15, -0.1) is 26.3 Å². The van der Waals surface area contributed by atoms with Crippen LogP contribution in [0.4, 0.5) is 0 Å².